The van der Waals surface area contributed by atoms with E-state index in [1.807, 2.05) is 0 Å². The lowest BCUT2D eigenvalue weighted by Crippen LogP contribution is -2.16. The molecule has 0 bridgehead atoms. The minimum Gasteiger partial charge on any atom is -0.310 e. The molecule has 318 valence electrons. The van der Waals surface area contributed by atoms with Crippen molar-refractivity contribution >= 4 is 55.7 Å². The van der Waals surface area contributed by atoms with Gasteiger partial charge in [0.1, 0.15) is 0 Å². The maximum absolute atomic E-state index is 2.47. The normalized spacial score (nSPS) is 12.4. The van der Waals surface area contributed by atoms with Gasteiger partial charge < -0.3 is 9.80 Å². The minimum absolute atomic E-state index is 0.103. The van der Waals surface area contributed by atoms with Crippen molar-refractivity contribution in [3.05, 3.63) is 266 Å². The van der Waals surface area contributed by atoms with Crippen molar-refractivity contribution in [3.8, 4) is 44.5 Å². The zero-order valence-corrected chi connectivity index (χ0v) is 37.6. The fourth-order valence-corrected chi connectivity index (χ4v) is 10.6. The van der Waals surface area contributed by atoms with E-state index < -0.39 is 0 Å². The van der Waals surface area contributed by atoms with Gasteiger partial charge in [0.2, 0.25) is 0 Å². The van der Waals surface area contributed by atoms with Crippen LogP contribution < -0.4 is 9.80 Å². The molecule has 1 aliphatic carbocycles. The lowest BCUT2D eigenvalue weighted by molar-refractivity contribution is 0.660. The van der Waals surface area contributed by atoms with Crippen molar-refractivity contribution in [1.82, 2.24) is 0 Å². The number of fused-ring (bicyclic) bond motifs is 5. The predicted octanol–water partition coefficient (Wildman–Crippen LogP) is 18.2. The first-order valence-electron chi connectivity index (χ1n) is 23.3. The Kier molecular flexibility index (Phi) is 9.88. The summed E-state index contributed by atoms with van der Waals surface area (Å²) < 4.78 is 0. The Morgan fingerprint density at radius 3 is 1.33 bits per heavy atom. The molecule has 0 aromatic heterocycles. The highest BCUT2D eigenvalue weighted by molar-refractivity contribution is 6.22. The van der Waals surface area contributed by atoms with E-state index in [0.29, 0.717) is 0 Å². The van der Waals surface area contributed by atoms with Gasteiger partial charge >= 0.3 is 0 Å². The SMILES string of the molecule is CC1(C)c2ccccc2-c2ccc(N(c3ccccc3)c3ccc(-c4c5ccccc5c(N(c5ccc(-c6ccccc6)cc5)c5cccc(-c6ccccc6)c5)c5ccccc45)cc3)cc21. The van der Waals surface area contributed by atoms with Crippen molar-refractivity contribution in [2.75, 3.05) is 9.80 Å². The minimum atomic E-state index is -0.103. The van der Waals surface area contributed by atoms with Crippen molar-refractivity contribution in [2.24, 2.45) is 0 Å². The smallest absolute Gasteiger partial charge is 0.0618 e. The van der Waals surface area contributed by atoms with Crippen molar-refractivity contribution in [2.45, 2.75) is 19.3 Å². The molecular formula is C65H48N2. The number of hydrogen-bond donors (Lipinski definition) is 0. The van der Waals surface area contributed by atoms with Crippen molar-refractivity contribution in [1.29, 1.82) is 0 Å². The Balaban J connectivity index is 1.01. The molecule has 2 heteroatoms. The van der Waals surface area contributed by atoms with Gasteiger partial charge in [0.25, 0.3) is 0 Å². The average molecular weight is 857 g/mol. The molecule has 2 nitrogen and oxygen atoms in total. The summed E-state index contributed by atoms with van der Waals surface area (Å²) in [6.45, 7) is 4.71. The first-order valence-corrected chi connectivity index (χ1v) is 23.3. The summed E-state index contributed by atoms with van der Waals surface area (Å²) in [4.78, 5) is 4.86. The lowest BCUT2D eigenvalue weighted by Gasteiger charge is -2.30. The molecule has 67 heavy (non-hydrogen) atoms. The Morgan fingerprint density at radius 1 is 0.269 bits per heavy atom. The van der Waals surface area contributed by atoms with E-state index in [4.69, 9.17) is 0 Å². The highest BCUT2D eigenvalue weighted by Crippen LogP contribution is 2.52. The molecule has 0 unspecified atom stereocenters. The third kappa shape index (κ3) is 6.97. The Morgan fingerprint density at radius 2 is 0.687 bits per heavy atom. The van der Waals surface area contributed by atoms with Gasteiger partial charge in [0.05, 0.1) is 5.69 Å². The number of anilines is 6. The number of rotatable bonds is 9. The molecule has 0 fully saturated rings. The molecule has 0 spiro atoms. The quantitative estimate of drug-likeness (QED) is 0.133. The molecule has 11 aromatic rings. The third-order valence-electron chi connectivity index (χ3n) is 13.8. The molecule has 12 rings (SSSR count). The van der Waals surface area contributed by atoms with Crippen LogP contribution in [0.2, 0.25) is 0 Å². The highest BCUT2D eigenvalue weighted by Gasteiger charge is 2.36. The second-order valence-corrected chi connectivity index (χ2v) is 18.1. The third-order valence-corrected chi connectivity index (χ3v) is 13.8. The second-order valence-electron chi connectivity index (χ2n) is 18.1. The molecule has 0 saturated carbocycles. The fourth-order valence-electron chi connectivity index (χ4n) is 10.6. The maximum Gasteiger partial charge on any atom is 0.0618 e. The zero-order chi connectivity index (χ0) is 44.9. The van der Waals surface area contributed by atoms with Gasteiger partial charge in [-0.25, -0.2) is 0 Å². The topological polar surface area (TPSA) is 6.48 Å². The van der Waals surface area contributed by atoms with E-state index in [2.05, 4.69) is 278 Å². The van der Waals surface area contributed by atoms with Gasteiger partial charge in [-0.15, -0.1) is 0 Å². The summed E-state index contributed by atoms with van der Waals surface area (Å²) >= 11 is 0. The average Bonchev–Trinajstić information content (AvgIpc) is 3.62. The van der Waals surface area contributed by atoms with E-state index in [1.165, 1.54) is 77.2 Å². The monoisotopic (exact) mass is 856 g/mol. The summed E-state index contributed by atoms with van der Waals surface area (Å²) in [6, 6.07) is 93.1. The van der Waals surface area contributed by atoms with Gasteiger partial charge in [-0.3, -0.25) is 0 Å². The maximum atomic E-state index is 2.47. The Hall–Kier alpha value is -8.46. The fraction of sp³-hybridized carbons (Fsp3) is 0.0462. The standard InChI is InChI=1S/C65H48N2/c1-65(2)61-32-17-16-27-55(61)56-42-41-54(44-62(56)65)66(50-24-10-5-11-25-50)51-39-35-48(36-40-51)63-57-28-12-14-30-59(57)64(60-31-15-13-29-58(60)63)67(52-37-33-47(34-38-52)45-19-6-3-7-20-45)53-26-18-23-49(43-53)46-21-8-4-9-22-46/h3-44H,1-2H3. The van der Waals surface area contributed by atoms with Crippen LogP contribution >= 0.6 is 0 Å². The van der Waals surface area contributed by atoms with Crippen LogP contribution in [0.4, 0.5) is 34.1 Å². The Labute approximate surface area is 393 Å². The van der Waals surface area contributed by atoms with E-state index >= 15 is 0 Å². The molecule has 0 heterocycles. The van der Waals surface area contributed by atoms with Crippen LogP contribution in [-0.2, 0) is 5.41 Å². The highest BCUT2D eigenvalue weighted by atomic mass is 15.1. The van der Waals surface area contributed by atoms with Crippen LogP contribution in [0.15, 0.2) is 255 Å². The van der Waals surface area contributed by atoms with Crippen LogP contribution in [0.25, 0.3) is 66.1 Å². The summed E-state index contributed by atoms with van der Waals surface area (Å²) in [5.41, 5.74) is 19.2. The van der Waals surface area contributed by atoms with E-state index in [9.17, 15) is 0 Å². The van der Waals surface area contributed by atoms with Crippen LogP contribution in [0, 0.1) is 0 Å². The first kappa shape index (κ1) is 40.1. The molecule has 0 saturated heterocycles. The molecule has 0 atom stereocenters. The molecule has 11 aromatic carbocycles. The molecule has 0 aliphatic heterocycles. The molecule has 0 radical (unpaired) electrons. The predicted molar refractivity (Wildman–Crippen MR) is 285 cm³/mol. The Bertz CT molecular complexity index is 3520. The summed E-state index contributed by atoms with van der Waals surface area (Å²) in [7, 11) is 0. The summed E-state index contributed by atoms with van der Waals surface area (Å²) in [5.74, 6) is 0. The van der Waals surface area contributed by atoms with E-state index in [-0.39, 0.29) is 5.41 Å². The van der Waals surface area contributed by atoms with Crippen LogP contribution in [0.3, 0.4) is 0 Å². The summed E-state index contributed by atoms with van der Waals surface area (Å²) in [5, 5.41) is 4.78. The molecule has 0 N–H and O–H groups in total. The van der Waals surface area contributed by atoms with E-state index in [0.717, 1.165) is 34.1 Å². The largest absolute Gasteiger partial charge is 0.310 e. The number of nitrogens with zero attached hydrogens (tertiary/aromatic N) is 2. The molecular weight excluding hydrogens is 809 g/mol. The lowest BCUT2D eigenvalue weighted by atomic mass is 9.82. The van der Waals surface area contributed by atoms with Gasteiger partial charge in [0.15, 0.2) is 0 Å². The van der Waals surface area contributed by atoms with Gasteiger partial charge in [-0.1, -0.05) is 208 Å². The zero-order valence-electron chi connectivity index (χ0n) is 37.6. The summed E-state index contributed by atoms with van der Waals surface area (Å²) in [6.07, 6.45) is 0. The van der Waals surface area contributed by atoms with E-state index in [1.54, 1.807) is 0 Å². The number of para-hydroxylation sites is 1. The second kappa shape index (κ2) is 16.5. The van der Waals surface area contributed by atoms with Crippen LogP contribution in [0.5, 0.6) is 0 Å². The molecule has 0 amide bonds. The van der Waals surface area contributed by atoms with Crippen LogP contribution in [0.1, 0.15) is 25.0 Å². The van der Waals surface area contributed by atoms with Gasteiger partial charge in [-0.2, -0.15) is 0 Å². The van der Waals surface area contributed by atoms with Gasteiger partial charge in [-0.05, 0) is 127 Å². The number of benzene rings is 11. The van der Waals surface area contributed by atoms with Gasteiger partial charge in [0, 0.05) is 44.6 Å². The number of hydrogen-bond acceptors (Lipinski definition) is 2. The van der Waals surface area contributed by atoms with Crippen molar-refractivity contribution < 1.29 is 0 Å². The molecule has 1 aliphatic rings. The van der Waals surface area contributed by atoms with Crippen LogP contribution in [-0.4, -0.2) is 0 Å². The van der Waals surface area contributed by atoms with Crippen molar-refractivity contribution in [3.63, 3.8) is 0 Å². The first-order chi connectivity index (χ1) is 33.0.